The highest BCUT2D eigenvalue weighted by atomic mass is 16.5. The number of ketones is 1. The number of hydrogen-bond donors (Lipinski definition) is 0. The minimum absolute atomic E-state index is 0.0877. The minimum atomic E-state index is 0.0877. The smallest absolute Gasteiger partial charge is 0.181 e. The fourth-order valence-corrected chi connectivity index (χ4v) is 2.98. The standard InChI is InChI=1S/C18H17N3O3/c22-17(12-3-5-23-6-4-12)8-14-7-16-13(9-20-14)1-2-15(21-16)18-10-19-11-24-18/h1-2,7,9-12H,3-6,8H2. The summed E-state index contributed by atoms with van der Waals surface area (Å²) < 4.78 is 10.6. The second kappa shape index (κ2) is 6.49. The van der Waals surface area contributed by atoms with E-state index < -0.39 is 0 Å². The van der Waals surface area contributed by atoms with Gasteiger partial charge in [0.1, 0.15) is 11.5 Å². The Morgan fingerprint density at radius 2 is 2.08 bits per heavy atom. The maximum Gasteiger partial charge on any atom is 0.181 e. The van der Waals surface area contributed by atoms with E-state index in [-0.39, 0.29) is 11.7 Å². The molecule has 0 aliphatic carbocycles. The lowest BCUT2D eigenvalue weighted by molar-refractivity contribution is -0.125. The number of ether oxygens (including phenoxy) is 1. The van der Waals surface area contributed by atoms with E-state index in [1.807, 2.05) is 18.2 Å². The number of pyridine rings is 2. The first-order valence-electron chi connectivity index (χ1n) is 8.04. The molecular weight excluding hydrogens is 306 g/mol. The van der Waals surface area contributed by atoms with Crippen LogP contribution in [-0.2, 0) is 16.0 Å². The van der Waals surface area contributed by atoms with Gasteiger partial charge in [0.25, 0.3) is 0 Å². The maximum absolute atomic E-state index is 12.4. The molecule has 1 aliphatic rings. The van der Waals surface area contributed by atoms with Crippen LogP contribution in [0.2, 0.25) is 0 Å². The van der Waals surface area contributed by atoms with Gasteiger partial charge in [0, 0.05) is 42.8 Å². The number of fused-ring (bicyclic) bond motifs is 1. The van der Waals surface area contributed by atoms with Crippen molar-refractivity contribution in [2.24, 2.45) is 5.92 Å². The molecule has 6 nitrogen and oxygen atoms in total. The number of rotatable bonds is 4. The van der Waals surface area contributed by atoms with Crippen LogP contribution in [0.15, 0.2) is 41.4 Å². The summed E-state index contributed by atoms with van der Waals surface area (Å²) in [6, 6.07) is 5.70. The summed E-state index contributed by atoms with van der Waals surface area (Å²) in [5.74, 6) is 0.940. The van der Waals surface area contributed by atoms with Crippen LogP contribution < -0.4 is 0 Å². The summed E-state index contributed by atoms with van der Waals surface area (Å²) in [6.45, 7) is 1.34. The van der Waals surface area contributed by atoms with E-state index >= 15 is 0 Å². The highest BCUT2D eigenvalue weighted by Gasteiger charge is 2.22. The molecule has 0 amide bonds. The number of hydrogen-bond acceptors (Lipinski definition) is 6. The second-order valence-electron chi connectivity index (χ2n) is 5.96. The van der Waals surface area contributed by atoms with Gasteiger partial charge in [0.15, 0.2) is 12.2 Å². The number of carbonyl (C=O) groups excluding carboxylic acids is 1. The topological polar surface area (TPSA) is 78.1 Å². The molecule has 0 aromatic carbocycles. The van der Waals surface area contributed by atoms with Crippen molar-refractivity contribution in [1.29, 1.82) is 0 Å². The second-order valence-corrected chi connectivity index (χ2v) is 5.96. The Morgan fingerprint density at radius 1 is 1.21 bits per heavy atom. The monoisotopic (exact) mass is 323 g/mol. The van der Waals surface area contributed by atoms with E-state index in [1.165, 1.54) is 6.39 Å². The molecule has 0 saturated carbocycles. The molecule has 0 unspecified atom stereocenters. The van der Waals surface area contributed by atoms with Crippen LogP contribution in [0, 0.1) is 5.92 Å². The molecule has 0 radical (unpaired) electrons. The highest BCUT2D eigenvalue weighted by Crippen LogP contribution is 2.22. The summed E-state index contributed by atoms with van der Waals surface area (Å²) in [7, 11) is 0. The van der Waals surface area contributed by atoms with Crippen molar-refractivity contribution in [3.63, 3.8) is 0 Å². The van der Waals surface area contributed by atoms with E-state index in [0.29, 0.717) is 31.1 Å². The van der Waals surface area contributed by atoms with E-state index in [1.54, 1.807) is 12.4 Å². The molecular formula is C18H17N3O3. The molecule has 4 rings (SSSR count). The third-order valence-corrected chi connectivity index (χ3v) is 4.35. The molecule has 0 atom stereocenters. The summed E-state index contributed by atoms with van der Waals surface area (Å²) in [6.07, 6.45) is 6.73. The summed E-state index contributed by atoms with van der Waals surface area (Å²) in [5, 5.41) is 0.931. The van der Waals surface area contributed by atoms with Crippen molar-refractivity contribution in [1.82, 2.24) is 15.0 Å². The number of aromatic nitrogens is 3. The van der Waals surface area contributed by atoms with Gasteiger partial charge in [-0.3, -0.25) is 9.78 Å². The lowest BCUT2D eigenvalue weighted by Crippen LogP contribution is -2.25. The van der Waals surface area contributed by atoms with E-state index in [0.717, 1.165) is 29.4 Å². The van der Waals surface area contributed by atoms with Crippen molar-refractivity contribution in [2.45, 2.75) is 19.3 Å². The summed E-state index contributed by atoms with van der Waals surface area (Å²) in [4.78, 5) is 25.3. The van der Waals surface area contributed by atoms with Crippen LogP contribution in [0.1, 0.15) is 18.5 Å². The van der Waals surface area contributed by atoms with Gasteiger partial charge in [0.2, 0.25) is 0 Å². The molecule has 1 saturated heterocycles. The molecule has 122 valence electrons. The van der Waals surface area contributed by atoms with Crippen LogP contribution in [-0.4, -0.2) is 33.9 Å². The first kappa shape index (κ1) is 15.0. The van der Waals surface area contributed by atoms with Gasteiger partial charge in [-0.15, -0.1) is 0 Å². The Labute approximate surface area is 138 Å². The largest absolute Gasteiger partial charge is 0.442 e. The number of oxazole rings is 1. The van der Waals surface area contributed by atoms with Crippen molar-refractivity contribution < 1.29 is 13.9 Å². The average molecular weight is 323 g/mol. The Bertz CT molecular complexity index is 855. The van der Waals surface area contributed by atoms with Crippen LogP contribution >= 0.6 is 0 Å². The normalized spacial score (nSPS) is 15.7. The highest BCUT2D eigenvalue weighted by molar-refractivity contribution is 5.85. The van der Waals surface area contributed by atoms with Gasteiger partial charge < -0.3 is 9.15 Å². The number of Topliss-reactive ketones (excluding diaryl/α,β-unsaturated/α-hetero) is 1. The minimum Gasteiger partial charge on any atom is -0.442 e. The zero-order valence-electron chi connectivity index (χ0n) is 13.1. The van der Waals surface area contributed by atoms with Crippen molar-refractivity contribution in [3.8, 4) is 11.5 Å². The Hall–Kier alpha value is -2.60. The van der Waals surface area contributed by atoms with Crippen molar-refractivity contribution in [2.75, 3.05) is 13.2 Å². The fraction of sp³-hybridized carbons (Fsp3) is 0.333. The van der Waals surface area contributed by atoms with Crippen LogP contribution in [0.5, 0.6) is 0 Å². The van der Waals surface area contributed by atoms with Crippen molar-refractivity contribution >= 4 is 16.7 Å². The SMILES string of the molecule is O=C(Cc1cc2nc(-c3cnco3)ccc2cn1)C1CCOCC1. The molecule has 24 heavy (non-hydrogen) atoms. The fourth-order valence-electron chi connectivity index (χ4n) is 2.98. The maximum atomic E-state index is 12.4. The lowest BCUT2D eigenvalue weighted by atomic mass is 9.92. The molecule has 4 heterocycles. The first-order chi connectivity index (χ1) is 11.8. The number of nitrogens with zero attached hydrogens (tertiary/aromatic N) is 3. The zero-order valence-corrected chi connectivity index (χ0v) is 13.1. The number of carbonyl (C=O) groups is 1. The van der Waals surface area contributed by atoms with E-state index in [2.05, 4.69) is 15.0 Å². The van der Waals surface area contributed by atoms with Crippen LogP contribution in [0.3, 0.4) is 0 Å². The average Bonchev–Trinajstić information content (AvgIpc) is 3.16. The molecule has 1 fully saturated rings. The molecule has 3 aromatic heterocycles. The van der Waals surface area contributed by atoms with Crippen molar-refractivity contribution in [3.05, 3.63) is 42.7 Å². The predicted molar refractivity (Wildman–Crippen MR) is 87.3 cm³/mol. The van der Waals surface area contributed by atoms with Gasteiger partial charge in [-0.25, -0.2) is 9.97 Å². The van der Waals surface area contributed by atoms with Crippen LogP contribution in [0.4, 0.5) is 0 Å². The molecule has 3 aromatic rings. The predicted octanol–water partition coefficient (Wildman–Crippen LogP) is 2.82. The van der Waals surface area contributed by atoms with E-state index in [4.69, 9.17) is 9.15 Å². The van der Waals surface area contributed by atoms with E-state index in [9.17, 15) is 4.79 Å². The third kappa shape index (κ3) is 3.05. The van der Waals surface area contributed by atoms with Gasteiger partial charge in [0.05, 0.1) is 11.7 Å². The first-order valence-corrected chi connectivity index (χ1v) is 8.04. The molecule has 0 N–H and O–H groups in total. The lowest BCUT2D eigenvalue weighted by Gasteiger charge is -2.20. The molecule has 0 spiro atoms. The molecule has 0 bridgehead atoms. The van der Waals surface area contributed by atoms with Gasteiger partial charge >= 0.3 is 0 Å². The Balaban J connectivity index is 1.58. The van der Waals surface area contributed by atoms with Gasteiger partial charge in [-0.2, -0.15) is 0 Å². The summed E-state index contributed by atoms with van der Waals surface area (Å²) >= 11 is 0. The Kier molecular flexibility index (Phi) is 4.04. The van der Waals surface area contributed by atoms with Gasteiger partial charge in [-0.05, 0) is 31.0 Å². The molecule has 6 heteroatoms. The van der Waals surface area contributed by atoms with Crippen LogP contribution in [0.25, 0.3) is 22.4 Å². The quantitative estimate of drug-likeness (QED) is 0.734. The third-order valence-electron chi connectivity index (χ3n) is 4.35. The van der Waals surface area contributed by atoms with Gasteiger partial charge in [-0.1, -0.05) is 0 Å². The zero-order chi connectivity index (χ0) is 16.4. The molecule has 1 aliphatic heterocycles. The summed E-state index contributed by atoms with van der Waals surface area (Å²) in [5.41, 5.74) is 2.27. The Morgan fingerprint density at radius 3 is 2.88 bits per heavy atom.